The smallest absolute Gasteiger partial charge is 0.250 e. The fraction of sp³-hybridized carbons (Fsp3) is 0.143. The molecular formula is C7H9N3O. The zero-order valence-corrected chi connectivity index (χ0v) is 6.16. The van der Waals surface area contributed by atoms with Gasteiger partial charge < -0.3 is 10.3 Å². The Labute approximate surface area is 63.8 Å². The van der Waals surface area contributed by atoms with Crippen LogP contribution in [0.2, 0.25) is 0 Å². The molecule has 0 atom stereocenters. The van der Waals surface area contributed by atoms with Crippen molar-refractivity contribution in [1.82, 2.24) is 4.57 Å². The molecule has 0 aliphatic rings. The summed E-state index contributed by atoms with van der Waals surface area (Å²) in [6.07, 6.45) is 1.53. The lowest BCUT2D eigenvalue weighted by atomic mass is 10.3. The summed E-state index contributed by atoms with van der Waals surface area (Å²) in [7, 11) is 1.62. The van der Waals surface area contributed by atoms with Gasteiger partial charge in [-0.15, -0.1) is 0 Å². The molecule has 0 saturated carbocycles. The number of rotatable bonds is 1. The van der Waals surface area contributed by atoms with Crippen molar-refractivity contribution < 1.29 is 0 Å². The molecular weight excluding hydrogens is 142 g/mol. The van der Waals surface area contributed by atoms with Crippen LogP contribution in [0.15, 0.2) is 23.1 Å². The Kier molecular flexibility index (Phi) is 1.76. The Morgan fingerprint density at radius 2 is 2.27 bits per heavy atom. The fourth-order valence-corrected chi connectivity index (χ4v) is 0.753. The van der Waals surface area contributed by atoms with Crippen molar-refractivity contribution >= 4 is 5.84 Å². The van der Waals surface area contributed by atoms with Crippen LogP contribution in [0, 0.1) is 5.41 Å². The predicted molar refractivity (Wildman–Crippen MR) is 42.7 cm³/mol. The van der Waals surface area contributed by atoms with Gasteiger partial charge in [-0.05, 0) is 6.07 Å². The number of hydrogen-bond acceptors (Lipinski definition) is 2. The van der Waals surface area contributed by atoms with Crippen LogP contribution in [0.5, 0.6) is 0 Å². The molecule has 1 aromatic rings. The van der Waals surface area contributed by atoms with Gasteiger partial charge in [0, 0.05) is 24.9 Å². The molecule has 0 unspecified atom stereocenters. The number of nitrogens with two attached hydrogens (primary N) is 1. The molecule has 0 amide bonds. The second-order valence-corrected chi connectivity index (χ2v) is 2.28. The maximum absolute atomic E-state index is 10.8. The Hall–Kier alpha value is -1.58. The average Bonchev–Trinajstić information content (AvgIpc) is 1.94. The first-order chi connectivity index (χ1) is 5.11. The summed E-state index contributed by atoms with van der Waals surface area (Å²) in [5.74, 6) is -0.0272. The van der Waals surface area contributed by atoms with Crippen molar-refractivity contribution in [3.05, 3.63) is 34.2 Å². The van der Waals surface area contributed by atoms with Gasteiger partial charge in [0.15, 0.2) is 0 Å². The third kappa shape index (κ3) is 1.46. The van der Waals surface area contributed by atoms with Crippen molar-refractivity contribution in [2.75, 3.05) is 0 Å². The van der Waals surface area contributed by atoms with Crippen molar-refractivity contribution in [3.63, 3.8) is 0 Å². The fourth-order valence-electron chi connectivity index (χ4n) is 0.753. The van der Waals surface area contributed by atoms with Crippen molar-refractivity contribution in [2.24, 2.45) is 12.8 Å². The van der Waals surface area contributed by atoms with Gasteiger partial charge in [-0.2, -0.15) is 0 Å². The number of hydrogen-bond donors (Lipinski definition) is 2. The van der Waals surface area contributed by atoms with Gasteiger partial charge in [0.25, 0.3) is 0 Å². The van der Waals surface area contributed by atoms with E-state index < -0.39 is 0 Å². The zero-order chi connectivity index (χ0) is 8.43. The first-order valence-corrected chi connectivity index (χ1v) is 3.12. The highest BCUT2D eigenvalue weighted by atomic mass is 16.1. The molecule has 4 heteroatoms. The summed E-state index contributed by atoms with van der Waals surface area (Å²) < 4.78 is 1.39. The summed E-state index contributed by atoms with van der Waals surface area (Å²) in [5.41, 5.74) is 5.66. The maximum atomic E-state index is 10.8. The zero-order valence-electron chi connectivity index (χ0n) is 6.16. The second-order valence-electron chi connectivity index (χ2n) is 2.28. The largest absolute Gasteiger partial charge is 0.384 e. The summed E-state index contributed by atoms with van der Waals surface area (Å²) >= 11 is 0. The minimum atomic E-state index is -0.102. The van der Waals surface area contributed by atoms with Crippen LogP contribution >= 0.6 is 0 Å². The van der Waals surface area contributed by atoms with E-state index in [0.717, 1.165) is 0 Å². The van der Waals surface area contributed by atoms with Gasteiger partial charge in [-0.3, -0.25) is 10.2 Å². The third-order valence-electron chi connectivity index (χ3n) is 1.40. The highest BCUT2D eigenvalue weighted by Gasteiger charge is 1.96. The van der Waals surface area contributed by atoms with E-state index in [0.29, 0.717) is 5.56 Å². The van der Waals surface area contributed by atoms with E-state index in [-0.39, 0.29) is 11.4 Å². The SMILES string of the molecule is Cn1cc(C(=N)N)ccc1=O. The highest BCUT2D eigenvalue weighted by Crippen LogP contribution is 1.91. The van der Waals surface area contributed by atoms with Crippen LogP contribution < -0.4 is 11.3 Å². The standard InChI is InChI=1S/C7H9N3O/c1-10-4-5(7(8)9)2-3-6(10)11/h2-4H,1H3,(H3,8,9). The van der Waals surface area contributed by atoms with E-state index in [2.05, 4.69) is 0 Å². The molecule has 0 bridgehead atoms. The minimum absolute atomic E-state index is 0.0272. The van der Waals surface area contributed by atoms with Gasteiger partial charge in [-0.1, -0.05) is 0 Å². The molecule has 3 N–H and O–H groups in total. The lowest BCUT2D eigenvalue weighted by Crippen LogP contribution is -2.19. The van der Waals surface area contributed by atoms with Gasteiger partial charge in [-0.25, -0.2) is 0 Å². The topological polar surface area (TPSA) is 71.9 Å². The molecule has 0 fully saturated rings. The number of nitrogens with one attached hydrogen (secondary N) is 1. The van der Waals surface area contributed by atoms with Crippen LogP contribution in [0.4, 0.5) is 0 Å². The van der Waals surface area contributed by atoms with Gasteiger partial charge in [0.05, 0.1) is 0 Å². The average molecular weight is 151 g/mol. The molecule has 58 valence electrons. The number of aromatic nitrogens is 1. The highest BCUT2D eigenvalue weighted by molar-refractivity contribution is 5.94. The monoisotopic (exact) mass is 151 g/mol. The van der Waals surface area contributed by atoms with E-state index in [1.165, 1.54) is 22.9 Å². The second kappa shape index (κ2) is 2.57. The molecule has 1 aromatic heterocycles. The summed E-state index contributed by atoms with van der Waals surface area (Å²) in [4.78, 5) is 10.8. The normalized spacial score (nSPS) is 9.55. The van der Waals surface area contributed by atoms with Crippen LogP contribution in [-0.2, 0) is 7.05 Å². The third-order valence-corrected chi connectivity index (χ3v) is 1.40. The number of amidine groups is 1. The quantitative estimate of drug-likeness (QED) is 0.426. The van der Waals surface area contributed by atoms with Crippen molar-refractivity contribution in [1.29, 1.82) is 5.41 Å². The van der Waals surface area contributed by atoms with Crippen LogP contribution in [0.1, 0.15) is 5.56 Å². The van der Waals surface area contributed by atoms with E-state index in [4.69, 9.17) is 11.1 Å². The summed E-state index contributed by atoms with van der Waals surface area (Å²) in [6.45, 7) is 0. The molecule has 0 aromatic carbocycles. The van der Waals surface area contributed by atoms with E-state index in [1.54, 1.807) is 7.05 Å². The van der Waals surface area contributed by atoms with E-state index in [9.17, 15) is 4.79 Å². The molecule has 1 heterocycles. The number of pyridine rings is 1. The number of nitrogens with zero attached hydrogens (tertiary/aromatic N) is 1. The Morgan fingerprint density at radius 3 is 2.73 bits per heavy atom. The molecule has 4 nitrogen and oxygen atoms in total. The number of nitrogen functional groups attached to an aromatic ring is 1. The first kappa shape index (κ1) is 7.53. The minimum Gasteiger partial charge on any atom is -0.384 e. The lowest BCUT2D eigenvalue weighted by Gasteiger charge is -1.99. The molecule has 11 heavy (non-hydrogen) atoms. The molecule has 0 aliphatic heterocycles. The van der Waals surface area contributed by atoms with Crippen molar-refractivity contribution in [3.8, 4) is 0 Å². The Morgan fingerprint density at radius 1 is 1.64 bits per heavy atom. The lowest BCUT2D eigenvalue weighted by molar-refractivity contribution is 0.857. The van der Waals surface area contributed by atoms with E-state index >= 15 is 0 Å². The molecule has 0 saturated heterocycles. The summed E-state index contributed by atoms with van der Waals surface area (Å²) in [5, 5.41) is 7.06. The summed E-state index contributed by atoms with van der Waals surface area (Å²) in [6, 6.07) is 2.92. The van der Waals surface area contributed by atoms with Gasteiger partial charge >= 0.3 is 0 Å². The molecule has 0 radical (unpaired) electrons. The molecule has 0 aliphatic carbocycles. The van der Waals surface area contributed by atoms with Crippen LogP contribution in [0.25, 0.3) is 0 Å². The van der Waals surface area contributed by atoms with Gasteiger partial charge in [0.2, 0.25) is 5.56 Å². The Bertz CT molecular complexity index is 340. The van der Waals surface area contributed by atoms with E-state index in [1.807, 2.05) is 0 Å². The predicted octanol–water partition coefficient (Wildman–Crippen LogP) is -0.331. The molecule has 0 spiro atoms. The molecule has 1 rings (SSSR count). The van der Waals surface area contributed by atoms with Crippen molar-refractivity contribution in [2.45, 2.75) is 0 Å². The first-order valence-electron chi connectivity index (χ1n) is 3.12. The number of aryl methyl sites for hydroxylation is 1. The van der Waals surface area contributed by atoms with Crippen LogP contribution in [-0.4, -0.2) is 10.4 Å². The van der Waals surface area contributed by atoms with Gasteiger partial charge in [0.1, 0.15) is 5.84 Å². The van der Waals surface area contributed by atoms with Crippen LogP contribution in [0.3, 0.4) is 0 Å². The Balaban J connectivity index is 3.26. The maximum Gasteiger partial charge on any atom is 0.250 e.